The van der Waals surface area contributed by atoms with Crippen LogP contribution in [0.15, 0.2) is 98.6 Å². The van der Waals surface area contributed by atoms with Crippen LogP contribution in [-0.4, -0.2) is 37.3 Å². The topological polar surface area (TPSA) is 109 Å². The van der Waals surface area contributed by atoms with E-state index in [0.717, 1.165) is 11.1 Å². The van der Waals surface area contributed by atoms with Crippen LogP contribution >= 0.6 is 22.9 Å². The van der Waals surface area contributed by atoms with Gasteiger partial charge in [0.2, 0.25) is 0 Å². The Balaban J connectivity index is 1.55. The standard InChI is InChI=1S/C36H29ClN2O7S/c1-5-45-35(42)30-31(21-9-7-6-8-10-21)38-36-39(32(30)26-18-23(37)12-15-27(26)43-3)33(40)29(47-36)19-24-13-16-28(46-24)25-14-11-22(17-20(25)2)34(41)44-4/h6-19,32H,5H2,1-4H3/b29-19-/t32-/m1/s1. The van der Waals surface area contributed by atoms with Gasteiger partial charge in [-0.05, 0) is 61.9 Å². The predicted octanol–water partition coefficient (Wildman–Crippen LogP) is 5.95. The number of thiazole rings is 1. The van der Waals surface area contributed by atoms with Crippen molar-refractivity contribution in [1.82, 2.24) is 4.57 Å². The summed E-state index contributed by atoms with van der Waals surface area (Å²) in [4.78, 5) is 45.2. The number of esters is 2. The first-order chi connectivity index (χ1) is 22.7. The first kappa shape index (κ1) is 31.8. The van der Waals surface area contributed by atoms with Gasteiger partial charge in [0.05, 0.1) is 42.2 Å². The molecule has 6 rings (SSSR count). The van der Waals surface area contributed by atoms with Crippen LogP contribution in [0.3, 0.4) is 0 Å². The number of furan rings is 1. The van der Waals surface area contributed by atoms with Crippen molar-refractivity contribution < 1.29 is 28.2 Å². The number of hydrogen-bond donors (Lipinski definition) is 0. The molecule has 0 spiro atoms. The summed E-state index contributed by atoms with van der Waals surface area (Å²) in [5.41, 5.74) is 3.42. The smallest absolute Gasteiger partial charge is 0.338 e. The lowest BCUT2D eigenvalue weighted by molar-refractivity contribution is -0.138. The summed E-state index contributed by atoms with van der Waals surface area (Å²) < 4.78 is 24.0. The summed E-state index contributed by atoms with van der Waals surface area (Å²) in [6.45, 7) is 3.72. The van der Waals surface area contributed by atoms with Crippen molar-refractivity contribution in [3.8, 4) is 17.1 Å². The summed E-state index contributed by atoms with van der Waals surface area (Å²) in [6.07, 6.45) is 1.65. The zero-order chi connectivity index (χ0) is 33.2. The molecule has 0 amide bonds. The van der Waals surface area contributed by atoms with Crippen LogP contribution in [0.25, 0.3) is 23.1 Å². The SMILES string of the molecule is CCOC(=O)C1=C(c2ccccc2)N=c2s/c(=C\c3ccc(-c4ccc(C(=O)OC)cc4C)o3)c(=O)n2[C@@H]1c1cc(Cl)ccc1OC. The molecule has 0 fully saturated rings. The van der Waals surface area contributed by atoms with Crippen molar-refractivity contribution in [2.24, 2.45) is 4.99 Å². The molecule has 1 aliphatic heterocycles. The molecule has 1 aliphatic rings. The van der Waals surface area contributed by atoms with E-state index in [1.54, 1.807) is 61.5 Å². The van der Waals surface area contributed by atoms with Crippen LogP contribution in [-0.2, 0) is 14.3 Å². The molecule has 0 saturated heterocycles. The molecule has 9 nitrogen and oxygen atoms in total. The normalized spacial score (nSPS) is 14.4. The molecule has 0 aliphatic carbocycles. The number of methoxy groups -OCH3 is 2. The third-order valence-electron chi connectivity index (χ3n) is 7.67. The van der Waals surface area contributed by atoms with E-state index in [-0.39, 0.29) is 17.7 Å². The highest BCUT2D eigenvalue weighted by Crippen LogP contribution is 2.40. The number of benzene rings is 3. The third-order valence-corrected chi connectivity index (χ3v) is 8.89. The van der Waals surface area contributed by atoms with Crippen molar-refractivity contribution >= 4 is 46.6 Å². The van der Waals surface area contributed by atoms with E-state index in [2.05, 4.69) is 0 Å². The maximum absolute atomic E-state index is 14.3. The number of ether oxygens (including phenoxy) is 3. The van der Waals surface area contributed by atoms with Crippen molar-refractivity contribution in [3.05, 3.63) is 137 Å². The van der Waals surface area contributed by atoms with Gasteiger partial charge in [-0.2, -0.15) is 0 Å². The van der Waals surface area contributed by atoms with E-state index in [0.29, 0.717) is 54.0 Å². The second kappa shape index (κ2) is 13.3. The zero-order valence-electron chi connectivity index (χ0n) is 25.9. The van der Waals surface area contributed by atoms with Gasteiger partial charge in [-0.25, -0.2) is 14.6 Å². The van der Waals surface area contributed by atoms with Gasteiger partial charge in [0.25, 0.3) is 5.56 Å². The van der Waals surface area contributed by atoms with E-state index >= 15 is 0 Å². The Morgan fingerprint density at radius 1 is 1.02 bits per heavy atom. The second-order valence-corrected chi connectivity index (χ2v) is 12.0. The molecule has 3 heterocycles. The number of halogens is 1. The molecular weight excluding hydrogens is 640 g/mol. The minimum absolute atomic E-state index is 0.125. The van der Waals surface area contributed by atoms with Crippen LogP contribution in [0.1, 0.15) is 45.8 Å². The molecule has 0 bridgehead atoms. The largest absolute Gasteiger partial charge is 0.496 e. The lowest BCUT2D eigenvalue weighted by atomic mass is 9.92. The average Bonchev–Trinajstić information content (AvgIpc) is 3.67. The van der Waals surface area contributed by atoms with Crippen LogP contribution in [0.5, 0.6) is 5.75 Å². The lowest BCUT2D eigenvalue weighted by Crippen LogP contribution is -2.40. The minimum atomic E-state index is -0.959. The number of carbonyl (C=O) groups is 2. The van der Waals surface area contributed by atoms with Crippen molar-refractivity contribution in [2.75, 3.05) is 20.8 Å². The maximum atomic E-state index is 14.3. The highest BCUT2D eigenvalue weighted by Gasteiger charge is 2.37. The summed E-state index contributed by atoms with van der Waals surface area (Å²) >= 11 is 7.64. The Kier molecular flexibility index (Phi) is 8.97. The van der Waals surface area contributed by atoms with Crippen LogP contribution < -0.4 is 19.6 Å². The number of carbonyl (C=O) groups excluding carboxylic acids is 2. The number of aryl methyl sites for hydroxylation is 1. The fraction of sp³-hybridized carbons (Fsp3) is 0.167. The number of rotatable bonds is 8. The molecule has 0 N–H and O–H groups in total. The third kappa shape index (κ3) is 6.05. The van der Waals surface area contributed by atoms with E-state index in [4.69, 9.17) is 35.2 Å². The fourth-order valence-electron chi connectivity index (χ4n) is 5.54. The molecule has 0 saturated carbocycles. The number of hydrogen-bond acceptors (Lipinski definition) is 9. The number of fused-ring (bicyclic) bond motifs is 1. The van der Waals surface area contributed by atoms with Gasteiger partial charge < -0.3 is 18.6 Å². The zero-order valence-corrected chi connectivity index (χ0v) is 27.5. The van der Waals surface area contributed by atoms with Gasteiger partial charge in [-0.3, -0.25) is 9.36 Å². The second-order valence-electron chi connectivity index (χ2n) is 10.5. The summed E-state index contributed by atoms with van der Waals surface area (Å²) in [6, 6.07) is 22.1. The molecule has 11 heteroatoms. The van der Waals surface area contributed by atoms with Gasteiger partial charge in [0.15, 0.2) is 4.80 Å². The Labute approximate surface area is 278 Å². The average molecular weight is 669 g/mol. The molecule has 1 atom stereocenters. The van der Waals surface area contributed by atoms with E-state index in [1.165, 1.54) is 30.1 Å². The number of nitrogens with zero attached hydrogens (tertiary/aromatic N) is 2. The first-order valence-corrected chi connectivity index (χ1v) is 15.8. The fourth-order valence-corrected chi connectivity index (χ4v) is 6.70. The van der Waals surface area contributed by atoms with E-state index in [9.17, 15) is 14.4 Å². The van der Waals surface area contributed by atoms with Gasteiger partial charge >= 0.3 is 11.9 Å². The maximum Gasteiger partial charge on any atom is 0.338 e. The number of aromatic nitrogens is 1. The van der Waals surface area contributed by atoms with Crippen molar-refractivity contribution in [2.45, 2.75) is 19.9 Å². The lowest BCUT2D eigenvalue weighted by Gasteiger charge is -2.27. The molecule has 0 unspecified atom stereocenters. The predicted molar refractivity (Wildman–Crippen MR) is 179 cm³/mol. The molecule has 2 aromatic heterocycles. The molecule has 5 aromatic rings. The summed E-state index contributed by atoms with van der Waals surface area (Å²) in [5.74, 6) is 0.405. The van der Waals surface area contributed by atoms with Crippen LogP contribution in [0, 0.1) is 6.92 Å². The van der Waals surface area contributed by atoms with Gasteiger partial charge in [-0.15, -0.1) is 0 Å². The highest BCUT2D eigenvalue weighted by molar-refractivity contribution is 7.07. The van der Waals surface area contributed by atoms with Crippen LogP contribution in [0.2, 0.25) is 5.02 Å². The van der Waals surface area contributed by atoms with E-state index in [1.807, 2.05) is 37.3 Å². The minimum Gasteiger partial charge on any atom is -0.496 e. The summed E-state index contributed by atoms with van der Waals surface area (Å²) in [5, 5.41) is 0.405. The molecule has 47 heavy (non-hydrogen) atoms. The first-order valence-electron chi connectivity index (χ1n) is 14.6. The quantitative estimate of drug-likeness (QED) is 0.188. The van der Waals surface area contributed by atoms with Crippen LogP contribution in [0.4, 0.5) is 0 Å². The molecule has 3 aromatic carbocycles. The Bertz CT molecular complexity index is 2230. The molecular formula is C36H29ClN2O7S. The van der Waals surface area contributed by atoms with Gasteiger partial charge in [0.1, 0.15) is 23.3 Å². The van der Waals surface area contributed by atoms with Crippen molar-refractivity contribution in [1.29, 1.82) is 0 Å². The molecule has 0 radical (unpaired) electrons. The monoisotopic (exact) mass is 668 g/mol. The van der Waals surface area contributed by atoms with Gasteiger partial charge in [0, 0.05) is 27.8 Å². The van der Waals surface area contributed by atoms with Gasteiger partial charge in [-0.1, -0.05) is 59.3 Å². The summed E-state index contributed by atoms with van der Waals surface area (Å²) in [7, 11) is 2.85. The van der Waals surface area contributed by atoms with Crippen molar-refractivity contribution in [3.63, 3.8) is 0 Å². The Morgan fingerprint density at radius 2 is 1.81 bits per heavy atom. The Morgan fingerprint density at radius 3 is 2.51 bits per heavy atom. The molecule has 238 valence electrons. The Hall–Kier alpha value is -5.19. The highest BCUT2D eigenvalue weighted by atomic mass is 35.5. The van der Waals surface area contributed by atoms with E-state index < -0.39 is 18.0 Å².